The molecule has 0 saturated heterocycles. The van der Waals surface area contributed by atoms with Crippen LogP contribution in [0.5, 0.6) is 5.75 Å². The van der Waals surface area contributed by atoms with E-state index in [0.29, 0.717) is 40.1 Å². The molecule has 0 fully saturated rings. The van der Waals surface area contributed by atoms with Crippen LogP contribution in [0.1, 0.15) is 5.69 Å². The number of aliphatic hydroxyl groups is 1. The molecule has 0 aliphatic carbocycles. The molecule has 10 nitrogen and oxygen atoms in total. The highest BCUT2D eigenvalue weighted by Gasteiger charge is 2.31. The van der Waals surface area contributed by atoms with Crippen molar-refractivity contribution >= 4 is 17.1 Å². The molecule has 1 amide bonds. The summed E-state index contributed by atoms with van der Waals surface area (Å²) in [5, 5.41) is 18.3. The minimum absolute atomic E-state index is 0.0867. The van der Waals surface area contributed by atoms with Gasteiger partial charge in [0.15, 0.2) is 5.65 Å². The summed E-state index contributed by atoms with van der Waals surface area (Å²) in [6.07, 6.45) is -0.934. The molecule has 13 heteroatoms. The molecular weight excluding hydrogens is 445 g/mol. The Morgan fingerprint density at radius 3 is 2.61 bits per heavy atom. The lowest BCUT2D eigenvalue weighted by Crippen LogP contribution is -2.17. The Bertz CT molecular complexity index is 1280. The van der Waals surface area contributed by atoms with Gasteiger partial charge in [-0.3, -0.25) is 4.68 Å². The lowest BCUT2D eigenvalue weighted by Gasteiger charge is -2.09. The first-order chi connectivity index (χ1) is 15.7. The zero-order valence-corrected chi connectivity index (χ0v) is 16.9. The van der Waals surface area contributed by atoms with Gasteiger partial charge in [-0.25, -0.2) is 14.5 Å². The third-order valence-electron chi connectivity index (χ3n) is 4.58. The molecule has 0 aliphatic heterocycles. The van der Waals surface area contributed by atoms with Crippen molar-refractivity contribution in [1.82, 2.24) is 24.5 Å². The van der Waals surface area contributed by atoms with E-state index in [1.165, 1.54) is 16.8 Å². The molecule has 4 rings (SSSR count). The molecule has 0 radical (unpaired) electrons. The smallest absolute Gasteiger partial charge is 0.443 e. The number of aromatic nitrogens is 5. The molecule has 1 aromatic carbocycles. The third kappa shape index (κ3) is 4.87. The maximum atomic E-state index is 12.5. The van der Waals surface area contributed by atoms with Crippen LogP contribution >= 0.6 is 0 Å². The molecule has 0 bridgehead atoms. The fourth-order valence-electron chi connectivity index (χ4n) is 3.29. The van der Waals surface area contributed by atoms with Crippen LogP contribution < -0.4 is 10.5 Å². The van der Waals surface area contributed by atoms with E-state index in [1.807, 2.05) is 0 Å². The molecule has 3 N–H and O–H groups in total. The van der Waals surface area contributed by atoms with Crippen molar-refractivity contribution in [3.05, 3.63) is 54.6 Å². The van der Waals surface area contributed by atoms with Crippen LogP contribution in [0.15, 0.2) is 48.9 Å². The molecule has 0 unspecified atom stereocenters. The van der Waals surface area contributed by atoms with Crippen molar-refractivity contribution < 1.29 is 32.5 Å². The van der Waals surface area contributed by atoms with Gasteiger partial charge in [0.2, 0.25) is 0 Å². The summed E-state index contributed by atoms with van der Waals surface area (Å²) < 4.78 is 49.2. The highest BCUT2D eigenvalue weighted by atomic mass is 19.4. The Balaban J connectivity index is 1.81. The number of alkyl halides is 3. The molecule has 3 heterocycles. The molecule has 33 heavy (non-hydrogen) atoms. The SMILES string of the molecule is NC(=O)OCc1nn(-c2ccc(OC(F)(F)F)cc2)c2nccc(-c3cnn(CCO)c3)c12. The molecule has 0 aliphatic rings. The minimum Gasteiger partial charge on any atom is -0.443 e. The number of primary amides is 1. The second-order valence-corrected chi connectivity index (χ2v) is 6.78. The van der Waals surface area contributed by atoms with Crippen LogP contribution in [0.2, 0.25) is 0 Å². The molecule has 4 aromatic rings. The number of hydrogen-bond acceptors (Lipinski definition) is 7. The van der Waals surface area contributed by atoms with E-state index in [-0.39, 0.29) is 19.0 Å². The van der Waals surface area contributed by atoms with Gasteiger partial charge in [-0.15, -0.1) is 13.2 Å². The number of nitrogens with two attached hydrogens (primary N) is 1. The average Bonchev–Trinajstić information content (AvgIpc) is 3.37. The molecule has 0 spiro atoms. The molecular formula is C20H17F3N6O4. The summed E-state index contributed by atoms with van der Waals surface area (Å²) in [6.45, 7) is -0.0361. The fourth-order valence-corrected chi connectivity index (χ4v) is 3.29. The van der Waals surface area contributed by atoms with Gasteiger partial charge in [0.1, 0.15) is 18.1 Å². The van der Waals surface area contributed by atoms with Crippen LogP contribution in [0.3, 0.4) is 0 Å². The van der Waals surface area contributed by atoms with Crippen molar-refractivity contribution in [2.24, 2.45) is 5.73 Å². The van der Waals surface area contributed by atoms with Crippen LogP contribution in [0, 0.1) is 0 Å². The number of aliphatic hydroxyl groups excluding tert-OH is 1. The van der Waals surface area contributed by atoms with E-state index < -0.39 is 12.5 Å². The number of nitrogens with zero attached hydrogens (tertiary/aromatic N) is 5. The number of ether oxygens (including phenoxy) is 2. The lowest BCUT2D eigenvalue weighted by molar-refractivity contribution is -0.274. The first-order valence-electron chi connectivity index (χ1n) is 9.54. The van der Waals surface area contributed by atoms with E-state index in [9.17, 15) is 18.0 Å². The first kappa shape index (κ1) is 22.1. The average molecular weight is 462 g/mol. The first-order valence-corrected chi connectivity index (χ1v) is 9.54. The summed E-state index contributed by atoms with van der Waals surface area (Å²) >= 11 is 0. The van der Waals surface area contributed by atoms with Crippen molar-refractivity contribution in [3.63, 3.8) is 0 Å². The number of hydrogen-bond donors (Lipinski definition) is 2. The van der Waals surface area contributed by atoms with Gasteiger partial charge >= 0.3 is 12.5 Å². The van der Waals surface area contributed by atoms with Crippen LogP contribution in [-0.4, -0.2) is 48.7 Å². The summed E-state index contributed by atoms with van der Waals surface area (Å²) in [6, 6.07) is 6.81. The maximum Gasteiger partial charge on any atom is 0.573 e. The quantitative estimate of drug-likeness (QED) is 0.432. The predicted molar refractivity (Wildman–Crippen MR) is 108 cm³/mol. The van der Waals surface area contributed by atoms with Gasteiger partial charge in [-0.05, 0) is 35.9 Å². The van der Waals surface area contributed by atoms with Crippen molar-refractivity contribution in [2.75, 3.05) is 6.61 Å². The number of fused-ring (bicyclic) bond motifs is 1. The normalized spacial score (nSPS) is 11.6. The largest absolute Gasteiger partial charge is 0.573 e. The van der Waals surface area contributed by atoms with Gasteiger partial charge < -0.3 is 20.3 Å². The highest BCUT2D eigenvalue weighted by molar-refractivity contribution is 5.95. The number of carbonyl (C=O) groups is 1. The highest BCUT2D eigenvalue weighted by Crippen LogP contribution is 2.32. The number of amides is 1. The number of carbonyl (C=O) groups excluding carboxylic acids is 1. The standard InChI is InChI=1S/C20H17F3N6O4/c21-20(22,23)33-14-3-1-13(2-4-14)29-18-17(16(27-29)11-32-19(24)31)15(5-6-25-18)12-9-26-28(10-12)7-8-30/h1-6,9-10,30H,7-8,11H2,(H2,24,31). The summed E-state index contributed by atoms with van der Waals surface area (Å²) in [7, 11) is 0. The molecule has 172 valence electrons. The van der Waals surface area contributed by atoms with Crippen LogP contribution in [-0.2, 0) is 17.9 Å². The number of pyridine rings is 1. The summed E-state index contributed by atoms with van der Waals surface area (Å²) in [5.41, 5.74) is 7.58. The zero-order valence-electron chi connectivity index (χ0n) is 16.9. The van der Waals surface area contributed by atoms with Gasteiger partial charge in [0.05, 0.1) is 30.4 Å². The van der Waals surface area contributed by atoms with Crippen LogP contribution in [0.25, 0.3) is 27.8 Å². The minimum atomic E-state index is -4.81. The Morgan fingerprint density at radius 1 is 1.18 bits per heavy atom. The summed E-state index contributed by atoms with van der Waals surface area (Å²) in [4.78, 5) is 15.5. The maximum absolute atomic E-state index is 12.5. The van der Waals surface area contributed by atoms with Gasteiger partial charge in [0.25, 0.3) is 0 Å². The number of halogens is 3. The van der Waals surface area contributed by atoms with Gasteiger partial charge in [-0.1, -0.05) is 0 Å². The van der Waals surface area contributed by atoms with Crippen LogP contribution in [0.4, 0.5) is 18.0 Å². The van der Waals surface area contributed by atoms with Gasteiger partial charge in [-0.2, -0.15) is 10.2 Å². The van der Waals surface area contributed by atoms with Gasteiger partial charge in [0, 0.05) is 18.0 Å². The number of benzene rings is 1. The zero-order chi connectivity index (χ0) is 23.6. The van der Waals surface area contributed by atoms with E-state index in [4.69, 9.17) is 15.6 Å². The topological polar surface area (TPSA) is 130 Å². The Kier molecular flexibility index (Phi) is 5.87. The monoisotopic (exact) mass is 462 g/mol. The van der Waals surface area contributed by atoms with Crippen molar-refractivity contribution in [1.29, 1.82) is 0 Å². The Hall–Kier alpha value is -4.13. The second kappa shape index (κ2) is 8.78. The van der Waals surface area contributed by atoms with E-state index in [0.717, 1.165) is 12.1 Å². The van der Waals surface area contributed by atoms with E-state index in [1.54, 1.807) is 29.3 Å². The lowest BCUT2D eigenvalue weighted by atomic mass is 10.1. The van der Waals surface area contributed by atoms with Crippen molar-refractivity contribution in [3.8, 4) is 22.6 Å². The Morgan fingerprint density at radius 2 is 1.94 bits per heavy atom. The third-order valence-corrected chi connectivity index (χ3v) is 4.58. The van der Waals surface area contributed by atoms with E-state index in [2.05, 4.69) is 19.9 Å². The second-order valence-electron chi connectivity index (χ2n) is 6.78. The molecule has 3 aromatic heterocycles. The number of rotatable bonds is 7. The predicted octanol–water partition coefficient (Wildman–Crippen LogP) is 2.77. The Labute approximate surface area is 184 Å². The molecule has 0 saturated carbocycles. The van der Waals surface area contributed by atoms with E-state index >= 15 is 0 Å². The summed E-state index contributed by atoms with van der Waals surface area (Å²) in [5.74, 6) is -0.384. The fraction of sp³-hybridized carbons (Fsp3) is 0.200. The van der Waals surface area contributed by atoms with Crippen molar-refractivity contribution in [2.45, 2.75) is 19.5 Å². The molecule has 0 atom stereocenters.